The molecule has 3 heteroatoms. The molecule has 0 spiro atoms. The zero-order valence-electron chi connectivity index (χ0n) is 21.1. The summed E-state index contributed by atoms with van der Waals surface area (Å²) in [6.45, 7) is 8.37. The van der Waals surface area contributed by atoms with Crippen molar-refractivity contribution < 1.29 is 13.1 Å². The van der Waals surface area contributed by atoms with Gasteiger partial charge in [-0.1, -0.05) is 39.8 Å². The minimum absolute atomic E-state index is 0.317. The fourth-order valence-corrected chi connectivity index (χ4v) is 4.02. The Bertz CT molecular complexity index is 1320. The SMILES string of the molecule is [2H]C([2H])([2H])c1c[n+](C)c(-c2c(C)ccc3c2oc2nc(C(C)C)ccc23)cc1CC(C)C. The molecule has 0 fully saturated rings. The third-order valence-corrected chi connectivity index (χ3v) is 5.57. The summed E-state index contributed by atoms with van der Waals surface area (Å²) in [4.78, 5) is 4.75. The molecule has 4 aromatic rings. The van der Waals surface area contributed by atoms with E-state index in [2.05, 4.69) is 58.9 Å². The molecule has 0 aliphatic rings. The standard InChI is InChI=1S/C26H31N2O/c1-15(2)12-19-13-23(28(7)14-18(19)6)24-17(5)8-9-20-21-10-11-22(16(3)4)27-26(21)29-25(20)24/h8-11,13-16H,12H2,1-7H3/q+1/i6D3. The van der Waals surface area contributed by atoms with Gasteiger partial charge in [-0.05, 0) is 55.3 Å². The summed E-state index contributed by atoms with van der Waals surface area (Å²) in [5, 5.41) is 2.02. The van der Waals surface area contributed by atoms with Crippen LogP contribution in [0.3, 0.4) is 0 Å². The van der Waals surface area contributed by atoms with Crippen molar-refractivity contribution in [2.75, 3.05) is 0 Å². The quantitative estimate of drug-likeness (QED) is 0.377. The molecule has 4 rings (SSSR count). The van der Waals surface area contributed by atoms with Crippen molar-refractivity contribution in [1.82, 2.24) is 4.98 Å². The van der Waals surface area contributed by atoms with Gasteiger partial charge >= 0.3 is 0 Å². The molecule has 0 N–H and O–H groups in total. The smallest absolute Gasteiger partial charge is 0.227 e. The van der Waals surface area contributed by atoms with Crippen LogP contribution in [0.25, 0.3) is 33.3 Å². The van der Waals surface area contributed by atoms with E-state index < -0.39 is 6.85 Å². The van der Waals surface area contributed by atoms with Gasteiger partial charge in [0.25, 0.3) is 0 Å². The predicted molar refractivity (Wildman–Crippen MR) is 120 cm³/mol. The number of nitrogens with zero attached hydrogens (tertiary/aromatic N) is 2. The lowest BCUT2D eigenvalue weighted by atomic mass is 9.95. The Balaban J connectivity index is 2.02. The highest BCUT2D eigenvalue weighted by Gasteiger charge is 2.23. The molecule has 0 saturated heterocycles. The first-order chi connectivity index (χ1) is 15.0. The van der Waals surface area contributed by atoms with Crippen molar-refractivity contribution in [2.24, 2.45) is 13.0 Å². The van der Waals surface area contributed by atoms with E-state index in [1.807, 2.05) is 17.7 Å². The summed E-state index contributed by atoms with van der Waals surface area (Å²) < 4.78 is 32.3. The van der Waals surface area contributed by atoms with Crippen LogP contribution in [-0.4, -0.2) is 4.98 Å². The first-order valence-corrected chi connectivity index (χ1v) is 10.3. The van der Waals surface area contributed by atoms with Crippen LogP contribution in [0.5, 0.6) is 0 Å². The number of hydrogen-bond acceptors (Lipinski definition) is 2. The van der Waals surface area contributed by atoms with Gasteiger partial charge < -0.3 is 4.42 Å². The number of hydrogen-bond donors (Lipinski definition) is 0. The maximum absolute atomic E-state index is 8.02. The Hall–Kier alpha value is -2.68. The third-order valence-electron chi connectivity index (χ3n) is 5.57. The zero-order valence-corrected chi connectivity index (χ0v) is 18.1. The van der Waals surface area contributed by atoms with Crippen LogP contribution in [0, 0.1) is 19.7 Å². The highest BCUT2D eigenvalue weighted by molar-refractivity contribution is 6.08. The van der Waals surface area contributed by atoms with Crippen molar-refractivity contribution in [1.29, 1.82) is 0 Å². The molecule has 0 atom stereocenters. The van der Waals surface area contributed by atoms with E-state index in [-0.39, 0.29) is 0 Å². The maximum Gasteiger partial charge on any atom is 0.227 e. The minimum atomic E-state index is -2.15. The average Bonchev–Trinajstić information content (AvgIpc) is 3.05. The molecular formula is C26H31N2O+. The average molecular weight is 391 g/mol. The molecule has 29 heavy (non-hydrogen) atoms. The number of fused-ring (bicyclic) bond motifs is 3. The predicted octanol–water partition coefficient (Wildman–Crippen LogP) is 6.41. The number of pyridine rings is 2. The fourth-order valence-electron chi connectivity index (χ4n) is 4.02. The first-order valence-electron chi connectivity index (χ1n) is 11.8. The van der Waals surface area contributed by atoms with Gasteiger partial charge in [0, 0.05) is 32.2 Å². The minimum Gasteiger partial charge on any atom is -0.437 e. The number of aryl methyl sites for hydroxylation is 3. The van der Waals surface area contributed by atoms with Crippen molar-refractivity contribution in [3.8, 4) is 11.3 Å². The summed E-state index contributed by atoms with van der Waals surface area (Å²) in [5.41, 5.74) is 6.71. The molecule has 3 heterocycles. The summed E-state index contributed by atoms with van der Waals surface area (Å²) in [7, 11) is 1.90. The lowest BCUT2D eigenvalue weighted by Crippen LogP contribution is -2.32. The van der Waals surface area contributed by atoms with E-state index in [0.717, 1.165) is 44.4 Å². The molecule has 3 aromatic heterocycles. The summed E-state index contributed by atoms with van der Waals surface area (Å²) in [6.07, 6.45) is 2.46. The Morgan fingerprint density at radius 2 is 1.83 bits per heavy atom. The third kappa shape index (κ3) is 3.43. The van der Waals surface area contributed by atoms with E-state index in [1.165, 1.54) is 0 Å². The van der Waals surface area contributed by atoms with E-state index in [9.17, 15) is 0 Å². The topological polar surface area (TPSA) is 29.9 Å². The highest BCUT2D eigenvalue weighted by atomic mass is 16.3. The number of rotatable bonds is 4. The van der Waals surface area contributed by atoms with Gasteiger partial charge in [0.1, 0.15) is 7.05 Å². The lowest BCUT2D eigenvalue weighted by Gasteiger charge is -2.11. The maximum atomic E-state index is 8.02. The molecule has 0 amide bonds. The molecule has 0 unspecified atom stereocenters. The van der Waals surface area contributed by atoms with E-state index in [4.69, 9.17) is 13.5 Å². The van der Waals surface area contributed by atoms with Crippen molar-refractivity contribution in [2.45, 2.75) is 53.8 Å². The molecule has 0 radical (unpaired) electrons. The van der Waals surface area contributed by atoms with Crippen LogP contribution in [0.4, 0.5) is 0 Å². The van der Waals surface area contributed by atoms with Gasteiger partial charge in [-0.25, -0.2) is 9.55 Å². The van der Waals surface area contributed by atoms with Crippen LogP contribution in [-0.2, 0) is 13.5 Å². The van der Waals surface area contributed by atoms with E-state index in [0.29, 0.717) is 29.5 Å². The monoisotopic (exact) mass is 390 g/mol. The number of benzene rings is 1. The lowest BCUT2D eigenvalue weighted by molar-refractivity contribution is -0.660. The Morgan fingerprint density at radius 1 is 1.07 bits per heavy atom. The summed E-state index contributed by atoms with van der Waals surface area (Å²) in [6, 6.07) is 10.4. The van der Waals surface area contributed by atoms with Gasteiger partial charge in [0.2, 0.25) is 11.4 Å². The van der Waals surface area contributed by atoms with Crippen molar-refractivity contribution in [3.05, 3.63) is 58.9 Å². The van der Waals surface area contributed by atoms with E-state index >= 15 is 0 Å². The second-order valence-electron chi connectivity index (χ2n) is 8.79. The fraction of sp³-hybridized carbons (Fsp3) is 0.385. The van der Waals surface area contributed by atoms with Crippen LogP contribution >= 0.6 is 0 Å². The molecule has 1 aromatic carbocycles. The summed E-state index contributed by atoms with van der Waals surface area (Å²) in [5.74, 6) is 0.663. The molecular weight excluding hydrogens is 356 g/mol. The van der Waals surface area contributed by atoms with Gasteiger partial charge in [-0.3, -0.25) is 0 Å². The normalized spacial score (nSPS) is 14.0. The molecule has 3 nitrogen and oxygen atoms in total. The van der Waals surface area contributed by atoms with Crippen molar-refractivity contribution >= 4 is 22.1 Å². The van der Waals surface area contributed by atoms with Crippen LogP contribution < -0.4 is 4.57 Å². The molecule has 0 saturated carbocycles. The summed E-state index contributed by atoms with van der Waals surface area (Å²) >= 11 is 0. The zero-order chi connectivity index (χ0) is 23.4. The number of furan rings is 1. The Morgan fingerprint density at radius 3 is 2.52 bits per heavy atom. The van der Waals surface area contributed by atoms with Crippen LogP contribution in [0.2, 0.25) is 0 Å². The molecule has 0 aliphatic carbocycles. The molecule has 0 aliphatic heterocycles. The van der Waals surface area contributed by atoms with Crippen LogP contribution in [0.15, 0.2) is 40.9 Å². The van der Waals surface area contributed by atoms with Crippen LogP contribution in [0.1, 0.15) is 60.1 Å². The largest absolute Gasteiger partial charge is 0.437 e. The molecule has 0 bridgehead atoms. The van der Waals surface area contributed by atoms with Gasteiger partial charge in [-0.2, -0.15) is 0 Å². The molecule has 150 valence electrons. The number of aromatic nitrogens is 2. The van der Waals surface area contributed by atoms with Gasteiger partial charge in [-0.15, -0.1) is 0 Å². The highest BCUT2D eigenvalue weighted by Crippen LogP contribution is 2.37. The Kier molecular flexibility index (Phi) is 4.06. The van der Waals surface area contributed by atoms with E-state index in [1.54, 1.807) is 6.20 Å². The van der Waals surface area contributed by atoms with Gasteiger partial charge in [0.15, 0.2) is 11.8 Å². The first kappa shape index (κ1) is 16.2. The van der Waals surface area contributed by atoms with Gasteiger partial charge in [0.05, 0.1) is 5.56 Å². The second-order valence-corrected chi connectivity index (χ2v) is 8.79. The Labute approximate surface area is 177 Å². The van der Waals surface area contributed by atoms with Crippen molar-refractivity contribution in [3.63, 3.8) is 0 Å². The second kappa shape index (κ2) is 7.29.